The molecule has 1 unspecified atom stereocenters. The average molecular weight is 251 g/mol. The summed E-state index contributed by atoms with van der Waals surface area (Å²) in [7, 11) is 0. The van der Waals surface area contributed by atoms with Crippen LogP contribution in [0.2, 0.25) is 0 Å². The van der Waals surface area contributed by atoms with Crippen LogP contribution in [0, 0.1) is 0 Å². The first-order valence-electron chi connectivity index (χ1n) is 6.01. The first-order chi connectivity index (χ1) is 8.40. The molecule has 0 aromatic heterocycles. The molecule has 4 heteroatoms. The lowest BCUT2D eigenvalue weighted by Gasteiger charge is -2.19. The standard InChI is InChI=1S/C14H21NO3/c1-14(2,3)18-10-9-17-13(16)12(15)11-7-5-4-6-8-11/h4-8,12H,9-10,15H2,1-3H3. The number of carbonyl (C=O) groups excluding carboxylic acids is 1. The van der Waals surface area contributed by atoms with E-state index in [9.17, 15) is 4.79 Å². The second kappa shape index (κ2) is 6.52. The van der Waals surface area contributed by atoms with Gasteiger partial charge in [-0.3, -0.25) is 0 Å². The van der Waals surface area contributed by atoms with Gasteiger partial charge >= 0.3 is 5.97 Å². The average Bonchev–Trinajstić information content (AvgIpc) is 2.33. The minimum atomic E-state index is -0.735. The van der Waals surface area contributed by atoms with E-state index >= 15 is 0 Å². The molecule has 1 aromatic carbocycles. The van der Waals surface area contributed by atoms with Crippen molar-refractivity contribution in [3.8, 4) is 0 Å². The summed E-state index contributed by atoms with van der Waals surface area (Å²) >= 11 is 0. The van der Waals surface area contributed by atoms with E-state index in [1.807, 2.05) is 39.0 Å². The summed E-state index contributed by atoms with van der Waals surface area (Å²) in [4.78, 5) is 11.7. The van der Waals surface area contributed by atoms with Gasteiger partial charge in [-0.1, -0.05) is 30.3 Å². The van der Waals surface area contributed by atoms with Crippen molar-refractivity contribution in [1.82, 2.24) is 0 Å². The first-order valence-corrected chi connectivity index (χ1v) is 6.01. The molecule has 1 rings (SSSR count). The Morgan fingerprint density at radius 2 is 1.83 bits per heavy atom. The van der Waals surface area contributed by atoms with Gasteiger partial charge in [0.1, 0.15) is 12.6 Å². The van der Waals surface area contributed by atoms with E-state index in [-0.39, 0.29) is 12.2 Å². The summed E-state index contributed by atoms with van der Waals surface area (Å²) < 4.78 is 10.5. The van der Waals surface area contributed by atoms with Gasteiger partial charge in [0, 0.05) is 0 Å². The molecule has 1 atom stereocenters. The molecule has 4 nitrogen and oxygen atoms in total. The van der Waals surface area contributed by atoms with Crippen LogP contribution in [0.15, 0.2) is 30.3 Å². The van der Waals surface area contributed by atoms with Crippen molar-refractivity contribution in [2.24, 2.45) is 5.73 Å². The lowest BCUT2D eigenvalue weighted by molar-refractivity contribution is -0.148. The van der Waals surface area contributed by atoms with Gasteiger partial charge in [-0.25, -0.2) is 4.79 Å². The highest BCUT2D eigenvalue weighted by Gasteiger charge is 2.17. The highest BCUT2D eigenvalue weighted by atomic mass is 16.6. The molecule has 0 aliphatic carbocycles. The Hall–Kier alpha value is -1.39. The number of hydrogen-bond donors (Lipinski definition) is 1. The van der Waals surface area contributed by atoms with Crippen LogP contribution in [0.3, 0.4) is 0 Å². The smallest absolute Gasteiger partial charge is 0.327 e. The number of benzene rings is 1. The van der Waals surface area contributed by atoms with Crippen molar-refractivity contribution in [2.75, 3.05) is 13.2 Å². The predicted octanol–water partition coefficient (Wildman–Crippen LogP) is 2.04. The van der Waals surface area contributed by atoms with Crippen molar-refractivity contribution in [3.05, 3.63) is 35.9 Å². The van der Waals surface area contributed by atoms with Gasteiger partial charge in [-0.2, -0.15) is 0 Å². The maximum Gasteiger partial charge on any atom is 0.327 e. The Kier molecular flexibility index (Phi) is 5.31. The summed E-state index contributed by atoms with van der Waals surface area (Å²) in [5.74, 6) is -0.432. The normalized spacial score (nSPS) is 13.1. The predicted molar refractivity (Wildman–Crippen MR) is 70.0 cm³/mol. The molecule has 2 N–H and O–H groups in total. The molecule has 1 aromatic rings. The molecule has 100 valence electrons. The van der Waals surface area contributed by atoms with Crippen molar-refractivity contribution >= 4 is 5.97 Å². The molecule has 0 amide bonds. The van der Waals surface area contributed by atoms with Crippen LogP contribution in [0.25, 0.3) is 0 Å². The highest BCUT2D eigenvalue weighted by Crippen LogP contribution is 2.11. The van der Waals surface area contributed by atoms with E-state index in [0.717, 1.165) is 5.56 Å². The third-order valence-electron chi connectivity index (χ3n) is 2.28. The lowest BCUT2D eigenvalue weighted by atomic mass is 10.1. The molecule has 0 aliphatic heterocycles. The molecule has 0 spiro atoms. The Morgan fingerprint density at radius 1 is 1.22 bits per heavy atom. The number of hydrogen-bond acceptors (Lipinski definition) is 4. The van der Waals surface area contributed by atoms with Gasteiger partial charge in [0.05, 0.1) is 12.2 Å². The fraction of sp³-hybridized carbons (Fsp3) is 0.500. The largest absolute Gasteiger partial charge is 0.462 e. The van der Waals surface area contributed by atoms with Gasteiger partial charge in [0.15, 0.2) is 0 Å². The number of ether oxygens (including phenoxy) is 2. The van der Waals surface area contributed by atoms with Crippen molar-refractivity contribution in [3.63, 3.8) is 0 Å². The zero-order valence-electron chi connectivity index (χ0n) is 11.2. The van der Waals surface area contributed by atoms with E-state index in [2.05, 4.69) is 0 Å². The molecule has 0 saturated carbocycles. The van der Waals surface area contributed by atoms with Gasteiger partial charge in [0.25, 0.3) is 0 Å². The molecule has 0 aliphatic rings. The second-order valence-corrected chi connectivity index (χ2v) is 5.02. The molecule has 0 heterocycles. The van der Waals surface area contributed by atoms with Crippen LogP contribution < -0.4 is 5.73 Å². The van der Waals surface area contributed by atoms with Crippen LogP contribution in [0.5, 0.6) is 0 Å². The van der Waals surface area contributed by atoms with Crippen LogP contribution in [0.1, 0.15) is 32.4 Å². The lowest BCUT2D eigenvalue weighted by Crippen LogP contribution is -2.27. The maximum absolute atomic E-state index is 11.7. The third kappa shape index (κ3) is 5.29. The molecule has 0 bridgehead atoms. The van der Waals surface area contributed by atoms with Crippen LogP contribution in [-0.2, 0) is 14.3 Å². The van der Waals surface area contributed by atoms with Gasteiger partial charge in [-0.15, -0.1) is 0 Å². The van der Waals surface area contributed by atoms with Crippen molar-refractivity contribution < 1.29 is 14.3 Å². The molecule has 0 saturated heterocycles. The zero-order chi connectivity index (χ0) is 13.6. The SMILES string of the molecule is CC(C)(C)OCCOC(=O)C(N)c1ccccc1. The van der Waals surface area contributed by atoms with Crippen LogP contribution in [0.4, 0.5) is 0 Å². The summed E-state index contributed by atoms with van der Waals surface area (Å²) in [5, 5.41) is 0. The highest BCUT2D eigenvalue weighted by molar-refractivity contribution is 5.77. The number of esters is 1. The Bertz CT molecular complexity index is 370. The quantitative estimate of drug-likeness (QED) is 0.642. The van der Waals surface area contributed by atoms with Gasteiger partial charge in [-0.05, 0) is 26.3 Å². The van der Waals surface area contributed by atoms with Crippen LogP contribution >= 0.6 is 0 Å². The van der Waals surface area contributed by atoms with E-state index in [1.54, 1.807) is 12.1 Å². The second-order valence-electron chi connectivity index (χ2n) is 5.02. The number of nitrogens with two attached hydrogens (primary N) is 1. The van der Waals surface area contributed by atoms with E-state index in [1.165, 1.54) is 0 Å². The van der Waals surface area contributed by atoms with Crippen LogP contribution in [-0.4, -0.2) is 24.8 Å². The van der Waals surface area contributed by atoms with Crippen molar-refractivity contribution in [2.45, 2.75) is 32.4 Å². The fourth-order valence-electron chi connectivity index (χ4n) is 1.38. The first kappa shape index (κ1) is 14.7. The molecule has 0 fully saturated rings. The monoisotopic (exact) mass is 251 g/mol. The van der Waals surface area contributed by atoms with Gasteiger partial charge in [0.2, 0.25) is 0 Å². The summed E-state index contributed by atoms with van der Waals surface area (Å²) in [6.45, 7) is 6.44. The number of rotatable bonds is 5. The topological polar surface area (TPSA) is 61.5 Å². The fourth-order valence-corrected chi connectivity index (χ4v) is 1.38. The maximum atomic E-state index is 11.7. The van der Waals surface area contributed by atoms with E-state index in [4.69, 9.17) is 15.2 Å². The third-order valence-corrected chi connectivity index (χ3v) is 2.28. The summed E-state index contributed by atoms with van der Waals surface area (Å²) in [5.41, 5.74) is 6.31. The molecular formula is C14H21NO3. The molecule has 18 heavy (non-hydrogen) atoms. The Morgan fingerprint density at radius 3 is 2.39 bits per heavy atom. The Labute approximate surface area is 108 Å². The summed E-state index contributed by atoms with van der Waals surface area (Å²) in [6, 6.07) is 8.42. The van der Waals surface area contributed by atoms with E-state index in [0.29, 0.717) is 6.61 Å². The molecular weight excluding hydrogens is 230 g/mol. The molecule has 0 radical (unpaired) electrons. The minimum absolute atomic E-state index is 0.219. The zero-order valence-corrected chi connectivity index (χ0v) is 11.2. The van der Waals surface area contributed by atoms with E-state index < -0.39 is 12.0 Å². The van der Waals surface area contributed by atoms with Crippen molar-refractivity contribution in [1.29, 1.82) is 0 Å². The van der Waals surface area contributed by atoms with Gasteiger partial charge < -0.3 is 15.2 Å². The number of carbonyl (C=O) groups is 1. The minimum Gasteiger partial charge on any atom is -0.462 e. The summed E-state index contributed by atoms with van der Waals surface area (Å²) in [6.07, 6.45) is 0. The Balaban J connectivity index is 2.33.